The second kappa shape index (κ2) is 8.37. The van der Waals surface area contributed by atoms with E-state index in [0.717, 1.165) is 29.3 Å². The number of rotatable bonds is 7. The molecule has 0 atom stereocenters. The zero-order valence-electron chi connectivity index (χ0n) is 21.3. The van der Waals surface area contributed by atoms with E-state index >= 15 is 0 Å². The first-order valence-corrected chi connectivity index (χ1v) is 14.4. The third kappa shape index (κ3) is 3.86. The van der Waals surface area contributed by atoms with Gasteiger partial charge in [0.1, 0.15) is 10.4 Å². The topological polar surface area (TPSA) is 104 Å². The van der Waals surface area contributed by atoms with E-state index < -0.39 is 10.0 Å². The molecule has 2 fully saturated rings. The summed E-state index contributed by atoms with van der Waals surface area (Å²) in [5, 5.41) is 9.99. The Morgan fingerprint density at radius 3 is 2.45 bits per heavy atom. The Morgan fingerprint density at radius 2 is 1.76 bits per heavy atom. The fourth-order valence-electron chi connectivity index (χ4n) is 5.30. The Labute approximate surface area is 219 Å². The number of hydrogen-bond acceptors (Lipinski definition) is 5. The van der Waals surface area contributed by atoms with E-state index in [0.29, 0.717) is 35.1 Å². The van der Waals surface area contributed by atoms with Crippen LogP contribution in [0.3, 0.4) is 0 Å². The molecule has 3 aromatic heterocycles. The summed E-state index contributed by atoms with van der Waals surface area (Å²) in [6.45, 7) is 0.648. The Morgan fingerprint density at radius 1 is 1.00 bits per heavy atom. The van der Waals surface area contributed by atoms with Crippen molar-refractivity contribution in [2.45, 2.75) is 43.0 Å². The molecule has 0 unspecified atom stereocenters. The van der Waals surface area contributed by atoms with Crippen molar-refractivity contribution in [1.82, 2.24) is 28.9 Å². The van der Waals surface area contributed by atoms with Gasteiger partial charge < -0.3 is 4.57 Å². The number of fused-ring (bicyclic) bond motifs is 2. The summed E-state index contributed by atoms with van der Waals surface area (Å²) in [6, 6.07) is 13.6. The first-order chi connectivity index (χ1) is 18.3. The molecule has 38 heavy (non-hydrogen) atoms. The molecular weight excluding hydrogens is 500 g/mol. The Bertz CT molecular complexity index is 1890. The van der Waals surface area contributed by atoms with E-state index in [1.165, 1.54) is 30.1 Å². The Balaban J connectivity index is 1.54. The smallest absolute Gasteiger partial charge is 0.281 e. The van der Waals surface area contributed by atoms with Gasteiger partial charge in [-0.1, -0.05) is 24.3 Å². The SMILES string of the molecule is CNS(=O)(=O)c1cn(CC2CC2)c2c(-c3ccc(C4CC4)cc3)c(=O)n(-c3ccc4nn(C)cc4c3)nc12. The maximum atomic E-state index is 14.2. The number of sulfonamides is 1. The van der Waals surface area contributed by atoms with E-state index in [4.69, 9.17) is 5.10 Å². The molecule has 9 nitrogen and oxygen atoms in total. The lowest BCUT2D eigenvalue weighted by molar-refractivity contribution is 0.587. The van der Waals surface area contributed by atoms with Crippen molar-refractivity contribution >= 4 is 32.0 Å². The molecule has 0 aliphatic heterocycles. The van der Waals surface area contributed by atoms with Crippen LogP contribution in [0.25, 0.3) is 38.8 Å². The van der Waals surface area contributed by atoms with Crippen LogP contribution in [0.4, 0.5) is 0 Å². The van der Waals surface area contributed by atoms with Crippen LogP contribution >= 0.6 is 0 Å². The lowest BCUT2D eigenvalue weighted by Crippen LogP contribution is -2.24. The monoisotopic (exact) mass is 528 g/mol. The van der Waals surface area contributed by atoms with E-state index in [1.54, 1.807) is 16.9 Å². The number of nitrogens with zero attached hydrogens (tertiary/aromatic N) is 5. The summed E-state index contributed by atoms with van der Waals surface area (Å²) in [6.07, 6.45) is 8.08. The molecule has 7 rings (SSSR count). The molecule has 2 saturated carbocycles. The third-order valence-corrected chi connectivity index (χ3v) is 9.08. The van der Waals surface area contributed by atoms with Gasteiger partial charge in [0.15, 0.2) is 0 Å². The molecule has 1 N–H and O–H groups in total. The van der Waals surface area contributed by atoms with Crippen LogP contribution in [0.5, 0.6) is 0 Å². The van der Waals surface area contributed by atoms with Gasteiger partial charge in [0.25, 0.3) is 5.56 Å². The van der Waals surface area contributed by atoms with Gasteiger partial charge in [-0.3, -0.25) is 9.48 Å². The van der Waals surface area contributed by atoms with E-state index in [1.807, 2.05) is 42.1 Å². The molecule has 5 aromatic rings. The van der Waals surface area contributed by atoms with Gasteiger partial charge in [0.05, 0.1) is 22.3 Å². The van der Waals surface area contributed by atoms with Gasteiger partial charge in [-0.2, -0.15) is 14.9 Å². The summed E-state index contributed by atoms with van der Waals surface area (Å²) < 4.78 is 33.7. The molecule has 0 bridgehead atoms. The van der Waals surface area contributed by atoms with Gasteiger partial charge in [0, 0.05) is 31.4 Å². The first kappa shape index (κ1) is 23.4. The number of aromatic nitrogens is 5. The van der Waals surface area contributed by atoms with E-state index in [-0.39, 0.29) is 16.0 Å². The summed E-state index contributed by atoms with van der Waals surface area (Å²) in [5.74, 6) is 1.06. The van der Waals surface area contributed by atoms with Crippen LogP contribution in [0, 0.1) is 5.92 Å². The summed E-state index contributed by atoms with van der Waals surface area (Å²) >= 11 is 0. The second-order valence-corrected chi connectivity index (χ2v) is 12.4. The van der Waals surface area contributed by atoms with Crippen LogP contribution in [0.1, 0.15) is 37.2 Å². The summed E-state index contributed by atoms with van der Waals surface area (Å²) in [5.41, 5.74) is 4.40. The van der Waals surface area contributed by atoms with Crippen LogP contribution < -0.4 is 10.3 Å². The quantitative estimate of drug-likeness (QED) is 0.345. The van der Waals surface area contributed by atoms with Crippen molar-refractivity contribution in [2.24, 2.45) is 13.0 Å². The minimum atomic E-state index is -3.83. The predicted molar refractivity (Wildman–Crippen MR) is 146 cm³/mol. The van der Waals surface area contributed by atoms with Gasteiger partial charge >= 0.3 is 0 Å². The zero-order valence-corrected chi connectivity index (χ0v) is 22.1. The highest BCUT2D eigenvalue weighted by Gasteiger charge is 2.30. The molecule has 194 valence electrons. The standard InChI is InChI=1S/C28H28N6O3S/c1-29-38(36,37)24-16-33(14-17-3-4-17)27-25(20-9-7-19(8-10-20)18-5-6-18)28(35)34(31-26(24)27)22-11-12-23-21(13-22)15-32(2)30-23/h7-13,15-18,29H,3-6,14H2,1-2H3. The molecule has 0 radical (unpaired) electrons. The average Bonchev–Trinajstić information content (AvgIpc) is 3.83. The van der Waals surface area contributed by atoms with Crippen LogP contribution in [0.2, 0.25) is 0 Å². The summed E-state index contributed by atoms with van der Waals surface area (Å²) in [7, 11) is -0.597. The molecule has 2 aliphatic carbocycles. The number of hydrogen-bond donors (Lipinski definition) is 1. The Kier molecular flexibility index (Phi) is 5.15. The van der Waals surface area contributed by atoms with Crippen molar-refractivity contribution in [3.63, 3.8) is 0 Å². The van der Waals surface area contributed by atoms with Gasteiger partial charge in [0.2, 0.25) is 10.0 Å². The van der Waals surface area contributed by atoms with Gasteiger partial charge in [-0.05, 0) is 73.9 Å². The number of nitrogens with one attached hydrogen (secondary N) is 1. The minimum absolute atomic E-state index is 0.0720. The van der Waals surface area contributed by atoms with Crippen molar-refractivity contribution in [2.75, 3.05) is 7.05 Å². The van der Waals surface area contributed by atoms with Gasteiger partial charge in [-0.25, -0.2) is 13.1 Å². The molecule has 3 heterocycles. The van der Waals surface area contributed by atoms with Crippen LogP contribution in [0.15, 0.2) is 64.5 Å². The largest absolute Gasteiger partial charge is 0.344 e. The molecule has 0 spiro atoms. The lowest BCUT2D eigenvalue weighted by atomic mass is 10.0. The van der Waals surface area contributed by atoms with E-state index in [2.05, 4.69) is 22.0 Å². The fourth-order valence-corrected chi connectivity index (χ4v) is 6.18. The highest BCUT2D eigenvalue weighted by molar-refractivity contribution is 7.89. The molecule has 0 amide bonds. The Hall–Kier alpha value is -3.76. The average molecular weight is 529 g/mol. The maximum Gasteiger partial charge on any atom is 0.281 e. The summed E-state index contributed by atoms with van der Waals surface area (Å²) in [4.78, 5) is 14.3. The number of aryl methyl sites for hydroxylation is 1. The van der Waals surface area contributed by atoms with Crippen molar-refractivity contribution in [3.8, 4) is 16.8 Å². The molecule has 0 saturated heterocycles. The molecule has 2 aromatic carbocycles. The van der Waals surface area contributed by atoms with Crippen molar-refractivity contribution < 1.29 is 8.42 Å². The zero-order chi connectivity index (χ0) is 26.2. The molecule has 2 aliphatic rings. The molecule has 10 heteroatoms. The third-order valence-electron chi connectivity index (χ3n) is 7.67. The highest BCUT2D eigenvalue weighted by atomic mass is 32.2. The highest BCUT2D eigenvalue weighted by Crippen LogP contribution is 2.41. The van der Waals surface area contributed by atoms with Crippen molar-refractivity contribution in [1.29, 1.82) is 0 Å². The number of benzene rings is 2. The maximum absolute atomic E-state index is 14.2. The fraction of sp³-hybridized carbons (Fsp3) is 0.321. The van der Waals surface area contributed by atoms with Crippen LogP contribution in [-0.4, -0.2) is 39.6 Å². The predicted octanol–water partition coefficient (Wildman–Crippen LogP) is 3.94. The minimum Gasteiger partial charge on any atom is -0.344 e. The second-order valence-electron chi connectivity index (χ2n) is 10.5. The van der Waals surface area contributed by atoms with Crippen LogP contribution in [-0.2, 0) is 23.6 Å². The van der Waals surface area contributed by atoms with Gasteiger partial charge in [-0.15, -0.1) is 0 Å². The first-order valence-electron chi connectivity index (χ1n) is 13.0. The van der Waals surface area contributed by atoms with Crippen molar-refractivity contribution in [3.05, 3.63) is 70.8 Å². The van der Waals surface area contributed by atoms with E-state index in [9.17, 15) is 13.2 Å². The lowest BCUT2D eigenvalue weighted by Gasteiger charge is -2.13. The molecular formula is C28H28N6O3S. The normalized spacial score (nSPS) is 16.1.